The van der Waals surface area contributed by atoms with Gasteiger partial charge >= 0.3 is 0 Å². The Morgan fingerprint density at radius 1 is 1.11 bits per heavy atom. The number of ketones is 2. The zero-order chi connectivity index (χ0) is 26.0. The fourth-order valence-electron chi connectivity index (χ4n) is 5.98. The lowest BCUT2D eigenvalue weighted by Crippen LogP contribution is -2.53. The van der Waals surface area contributed by atoms with E-state index in [1.54, 1.807) is 19.1 Å². The average Bonchev–Trinajstić information content (AvgIpc) is 3.22. The van der Waals surface area contributed by atoms with Gasteiger partial charge in [0.1, 0.15) is 12.1 Å². The molecule has 5 heteroatoms. The highest BCUT2D eigenvalue weighted by Gasteiger charge is 2.59. The molecule has 1 saturated carbocycles. The number of H-pyrrole nitrogens is 1. The molecule has 0 aromatic carbocycles. The van der Waals surface area contributed by atoms with Gasteiger partial charge in [0.15, 0.2) is 11.6 Å². The van der Waals surface area contributed by atoms with E-state index in [4.69, 9.17) is 0 Å². The highest BCUT2D eigenvalue weighted by Crippen LogP contribution is 2.63. The summed E-state index contributed by atoms with van der Waals surface area (Å²) in [6.45, 7) is 11.6. The van der Waals surface area contributed by atoms with Crippen molar-refractivity contribution in [1.82, 2.24) is 4.98 Å². The number of nitrogens with one attached hydrogen (secondary N) is 1. The second-order valence-electron chi connectivity index (χ2n) is 10.1. The smallest absolute Gasteiger partial charge is 0.196 e. The van der Waals surface area contributed by atoms with Crippen LogP contribution in [0.5, 0.6) is 0 Å². The number of carbonyl (C=O) groups excluding carboxylic acids is 2. The van der Waals surface area contributed by atoms with Gasteiger partial charge in [0.2, 0.25) is 0 Å². The summed E-state index contributed by atoms with van der Waals surface area (Å²) in [5.41, 5.74) is 1.50. The number of Topliss-reactive ketones (excluding diaryl/α,β-unsaturated/α-hetero) is 1. The number of rotatable bonds is 1. The minimum absolute atomic E-state index is 0.0394. The Bertz CT molecular complexity index is 1340. The number of hydrogen-bond acceptors (Lipinski definition) is 4. The van der Waals surface area contributed by atoms with Gasteiger partial charge in [-0.2, -0.15) is 10.5 Å². The van der Waals surface area contributed by atoms with Crippen LogP contribution in [0.25, 0.3) is 6.08 Å². The number of nitrogens with zero attached hydrogens (tertiary/aromatic N) is 2. The van der Waals surface area contributed by atoms with E-state index in [1.807, 2.05) is 52.1 Å². The number of allylic oxidation sites excluding steroid dienone is 7. The van der Waals surface area contributed by atoms with Crippen LogP contribution in [0.4, 0.5) is 0 Å². The van der Waals surface area contributed by atoms with Crippen molar-refractivity contribution in [2.75, 3.05) is 0 Å². The Morgan fingerprint density at radius 3 is 2.34 bits per heavy atom. The lowest BCUT2D eigenvalue weighted by molar-refractivity contribution is -0.130. The quantitative estimate of drug-likeness (QED) is 0.531. The number of hydrogen-bond donors (Lipinski definition) is 1. The highest BCUT2D eigenvalue weighted by molar-refractivity contribution is 6.09. The first-order chi connectivity index (χ1) is 16.5. The Balaban J connectivity index is 0.000000320. The molecule has 0 saturated heterocycles. The Kier molecular flexibility index (Phi) is 6.91. The van der Waals surface area contributed by atoms with Crippen LogP contribution in [0.2, 0.25) is 0 Å². The molecule has 1 fully saturated rings. The van der Waals surface area contributed by atoms with Crippen LogP contribution in [0.15, 0.2) is 53.3 Å². The summed E-state index contributed by atoms with van der Waals surface area (Å²) in [6, 6.07) is 6.07. The first-order valence-corrected chi connectivity index (χ1v) is 11.8. The molecule has 3 aliphatic carbocycles. The molecule has 3 aliphatic rings. The largest absolute Gasteiger partial charge is 0.365 e. The normalized spacial score (nSPS) is 28.5. The molecule has 1 aromatic heterocycles. The van der Waals surface area contributed by atoms with E-state index in [9.17, 15) is 20.1 Å². The van der Waals surface area contributed by atoms with Crippen molar-refractivity contribution < 1.29 is 9.59 Å². The van der Waals surface area contributed by atoms with Crippen LogP contribution in [0, 0.1) is 63.6 Å². The predicted octanol–water partition coefficient (Wildman–Crippen LogP) is 5.79. The standard InChI is InChI=1S/C22H20N2O2.C8H11N/c1-5-7-22-8-6-17-20(2,3)19(26)15(13-24)10-21(17,4)18(22)9-16(25)14(11-22)12-23;1-3-4-8-5-6-9-7(8)2/h9-11,17H,6,8H2,1-4H3;3-6,9H,1-2H3/b;4-3-. The topological polar surface area (TPSA) is 97.5 Å². The summed E-state index contributed by atoms with van der Waals surface area (Å²) in [7, 11) is 0. The van der Waals surface area contributed by atoms with Crippen molar-refractivity contribution in [3.05, 3.63) is 64.5 Å². The maximum absolute atomic E-state index is 12.7. The van der Waals surface area contributed by atoms with E-state index in [0.717, 1.165) is 12.0 Å². The Labute approximate surface area is 207 Å². The second kappa shape index (κ2) is 9.40. The molecule has 3 atom stereocenters. The zero-order valence-electron chi connectivity index (χ0n) is 21.2. The zero-order valence-corrected chi connectivity index (χ0v) is 21.2. The summed E-state index contributed by atoms with van der Waals surface area (Å²) in [5, 5.41) is 18.8. The molecule has 0 amide bonds. The maximum Gasteiger partial charge on any atom is 0.196 e. The molecule has 4 rings (SSSR count). The third kappa shape index (κ3) is 4.22. The number of aryl methyl sites for hydroxylation is 1. The SMILES string of the molecule is C/C=C\c1cc[nH]c1C.CC#CC12C=C(C#N)C(=O)C=C1C1(C)C=C(C#N)C(=O)C(C)(C)C1CC2. The number of aromatic nitrogens is 1. The average molecular weight is 466 g/mol. The minimum Gasteiger partial charge on any atom is -0.365 e. The van der Waals surface area contributed by atoms with E-state index in [1.165, 1.54) is 17.3 Å². The summed E-state index contributed by atoms with van der Waals surface area (Å²) in [5.74, 6) is 5.65. The second-order valence-corrected chi connectivity index (χ2v) is 10.1. The molecule has 1 N–H and O–H groups in total. The fourth-order valence-corrected chi connectivity index (χ4v) is 5.98. The van der Waals surface area contributed by atoms with Crippen LogP contribution in [0.3, 0.4) is 0 Å². The van der Waals surface area contributed by atoms with Gasteiger partial charge in [-0.05, 0) is 68.9 Å². The molecule has 0 aliphatic heterocycles. The number of carbonyl (C=O) groups is 2. The van der Waals surface area contributed by atoms with Crippen molar-refractivity contribution in [2.24, 2.45) is 22.2 Å². The van der Waals surface area contributed by atoms with Crippen LogP contribution >= 0.6 is 0 Å². The van der Waals surface area contributed by atoms with Crippen LogP contribution in [0.1, 0.15) is 58.7 Å². The fraction of sp³-hybridized carbons (Fsp3) is 0.400. The molecular weight excluding hydrogens is 434 g/mol. The summed E-state index contributed by atoms with van der Waals surface area (Å²) in [6.07, 6.45) is 12.4. The Morgan fingerprint density at radius 2 is 1.80 bits per heavy atom. The van der Waals surface area contributed by atoms with E-state index >= 15 is 0 Å². The van der Waals surface area contributed by atoms with Gasteiger partial charge in [-0.1, -0.05) is 44.9 Å². The molecule has 178 valence electrons. The van der Waals surface area contributed by atoms with Crippen LogP contribution in [-0.4, -0.2) is 16.6 Å². The lowest BCUT2D eigenvalue weighted by atomic mass is 9.45. The maximum atomic E-state index is 12.7. The first kappa shape index (κ1) is 25.7. The molecule has 5 nitrogen and oxygen atoms in total. The Hall–Kier alpha value is -3.88. The third-order valence-electron chi connectivity index (χ3n) is 7.62. The van der Waals surface area contributed by atoms with Gasteiger partial charge in [-0.25, -0.2) is 0 Å². The molecule has 3 unspecified atom stereocenters. The van der Waals surface area contributed by atoms with Gasteiger partial charge in [0.05, 0.1) is 16.6 Å². The summed E-state index contributed by atoms with van der Waals surface area (Å²) >= 11 is 0. The number of aromatic amines is 1. The van der Waals surface area contributed by atoms with Crippen molar-refractivity contribution in [2.45, 2.75) is 54.4 Å². The number of fused-ring (bicyclic) bond motifs is 3. The first-order valence-electron chi connectivity index (χ1n) is 11.8. The molecule has 1 heterocycles. The molecule has 0 bridgehead atoms. The molecule has 0 spiro atoms. The van der Waals surface area contributed by atoms with Crippen molar-refractivity contribution in [1.29, 1.82) is 10.5 Å². The number of nitriles is 2. The lowest BCUT2D eigenvalue weighted by Gasteiger charge is -2.56. The van der Waals surface area contributed by atoms with E-state index < -0.39 is 16.2 Å². The third-order valence-corrected chi connectivity index (χ3v) is 7.62. The van der Waals surface area contributed by atoms with Gasteiger partial charge in [0.25, 0.3) is 0 Å². The molecule has 1 aromatic rings. The summed E-state index contributed by atoms with van der Waals surface area (Å²) in [4.78, 5) is 28.3. The van der Waals surface area contributed by atoms with Crippen LogP contribution < -0.4 is 0 Å². The van der Waals surface area contributed by atoms with Gasteiger partial charge in [-0.15, -0.1) is 5.92 Å². The molecule has 0 radical (unpaired) electrons. The van der Waals surface area contributed by atoms with E-state index in [-0.39, 0.29) is 28.6 Å². The van der Waals surface area contributed by atoms with Crippen molar-refractivity contribution >= 4 is 17.6 Å². The van der Waals surface area contributed by atoms with E-state index in [2.05, 4.69) is 35.9 Å². The van der Waals surface area contributed by atoms with Gasteiger partial charge in [0, 0.05) is 22.7 Å². The van der Waals surface area contributed by atoms with Crippen LogP contribution in [-0.2, 0) is 9.59 Å². The van der Waals surface area contributed by atoms with E-state index in [0.29, 0.717) is 6.42 Å². The van der Waals surface area contributed by atoms with Gasteiger partial charge < -0.3 is 4.98 Å². The van der Waals surface area contributed by atoms with Crippen molar-refractivity contribution in [3.63, 3.8) is 0 Å². The summed E-state index contributed by atoms with van der Waals surface area (Å²) < 4.78 is 0. The monoisotopic (exact) mass is 465 g/mol. The predicted molar refractivity (Wildman–Crippen MR) is 136 cm³/mol. The highest BCUT2D eigenvalue weighted by atomic mass is 16.1. The minimum atomic E-state index is -0.705. The van der Waals surface area contributed by atoms with Gasteiger partial charge in [-0.3, -0.25) is 9.59 Å². The molecule has 35 heavy (non-hydrogen) atoms. The molecular formula is C30H31N3O2. The van der Waals surface area contributed by atoms with Crippen molar-refractivity contribution in [3.8, 4) is 24.0 Å².